The molecule has 192 valence electrons. The smallest absolute Gasteiger partial charge is 0.407 e. The Kier molecular flexibility index (Phi) is 7.13. The largest absolute Gasteiger partial charge is 0.465 e. The summed E-state index contributed by atoms with van der Waals surface area (Å²) in [5.41, 5.74) is 0.160. The molecule has 1 aliphatic rings. The number of anilines is 1. The van der Waals surface area contributed by atoms with Crippen molar-refractivity contribution in [1.82, 2.24) is 25.2 Å². The van der Waals surface area contributed by atoms with E-state index in [1.165, 1.54) is 11.2 Å². The molecule has 0 spiro atoms. The van der Waals surface area contributed by atoms with Crippen LogP contribution in [-0.4, -0.2) is 62.1 Å². The Hall–Kier alpha value is -3.33. The van der Waals surface area contributed by atoms with E-state index in [9.17, 15) is 14.7 Å². The number of piperidine rings is 1. The molecule has 3 aromatic rings. The first-order valence-corrected chi connectivity index (χ1v) is 12.5. The van der Waals surface area contributed by atoms with E-state index < -0.39 is 17.0 Å². The standard InChI is InChI=1S/C26H33ClN6O3/c1-17(18-5-7-19(27)8-6-18)31-23(34)26(15-33(24(35)36)25(2,3)4)10-13-32(14-11-26)22-20-9-12-28-21(20)29-16-30-22/h5-9,12,16-17H,10-11,13-15H2,1-4H3,(H,31,34)(H,35,36)(H,28,29,30)/t17-/m0/s1. The highest BCUT2D eigenvalue weighted by molar-refractivity contribution is 6.30. The summed E-state index contributed by atoms with van der Waals surface area (Å²) in [4.78, 5) is 41.5. The Balaban J connectivity index is 1.60. The summed E-state index contributed by atoms with van der Waals surface area (Å²) >= 11 is 6.02. The van der Waals surface area contributed by atoms with Gasteiger partial charge in [-0.3, -0.25) is 4.79 Å². The van der Waals surface area contributed by atoms with Gasteiger partial charge in [-0.05, 0) is 64.3 Å². The molecule has 36 heavy (non-hydrogen) atoms. The van der Waals surface area contributed by atoms with Crippen LogP contribution >= 0.6 is 11.6 Å². The average Bonchev–Trinajstić information content (AvgIpc) is 3.31. The van der Waals surface area contributed by atoms with Gasteiger partial charge in [-0.2, -0.15) is 0 Å². The highest BCUT2D eigenvalue weighted by atomic mass is 35.5. The number of aromatic nitrogens is 3. The number of carboxylic acid groups (broad SMARTS) is 1. The van der Waals surface area contributed by atoms with Crippen LogP contribution in [0.5, 0.6) is 0 Å². The van der Waals surface area contributed by atoms with Crippen molar-refractivity contribution in [2.75, 3.05) is 24.5 Å². The molecule has 9 nitrogen and oxygen atoms in total. The summed E-state index contributed by atoms with van der Waals surface area (Å²) in [7, 11) is 0. The molecule has 0 aliphatic carbocycles. The van der Waals surface area contributed by atoms with Crippen molar-refractivity contribution in [3.63, 3.8) is 0 Å². The van der Waals surface area contributed by atoms with Gasteiger partial charge < -0.3 is 25.2 Å². The fraction of sp³-hybridized carbons (Fsp3) is 0.462. The zero-order chi connectivity index (χ0) is 26.1. The number of nitrogens with zero attached hydrogens (tertiary/aromatic N) is 4. The molecular formula is C26H33ClN6O3. The summed E-state index contributed by atoms with van der Waals surface area (Å²) in [6, 6.07) is 9.06. The van der Waals surface area contributed by atoms with Gasteiger partial charge in [0.1, 0.15) is 17.8 Å². The van der Waals surface area contributed by atoms with Gasteiger partial charge in [0.25, 0.3) is 0 Å². The number of hydrogen-bond acceptors (Lipinski definition) is 5. The molecule has 4 rings (SSSR count). The van der Waals surface area contributed by atoms with Crippen LogP contribution in [0.3, 0.4) is 0 Å². The van der Waals surface area contributed by atoms with Crippen LogP contribution in [0.1, 0.15) is 52.1 Å². The second kappa shape index (κ2) is 9.97. The quantitative estimate of drug-likeness (QED) is 0.435. The molecule has 3 heterocycles. The summed E-state index contributed by atoms with van der Waals surface area (Å²) in [5, 5.41) is 14.7. The summed E-state index contributed by atoms with van der Waals surface area (Å²) < 4.78 is 0. The lowest BCUT2D eigenvalue weighted by atomic mass is 9.75. The van der Waals surface area contributed by atoms with E-state index >= 15 is 0 Å². The number of fused-ring (bicyclic) bond motifs is 1. The number of amides is 2. The van der Waals surface area contributed by atoms with E-state index in [0.717, 1.165) is 22.4 Å². The highest BCUT2D eigenvalue weighted by Crippen LogP contribution is 2.38. The van der Waals surface area contributed by atoms with Gasteiger partial charge in [-0.1, -0.05) is 23.7 Å². The molecule has 1 atom stereocenters. The molecule has 1 fully saturated rings. The van der Waals surface area contributed by atoms with Gasteiger partial charge in [0.2, 0.25) is 5.91 Å². The minimum absolute atomic E-state index is 0.113. The minimum Gasteiger partial charge on any atom is -0.465 e. The summed E-state index contributed by atoms with van der Waals surface area (Å²) in [6.45, 7) is 8.72. The van der Waals surface area contributed by atoms with Crippen molar-refractivity contribution in [1.29, 1.82) is 0 Å². The van der Waals surface area contributed by atoms with E-state index in [2.05, 4.69) is 25.2 Å². The number of H-pyrrole nitrogens is 1. The molecule has 0 radical (unpaired) electrons. The maximum Gasteiger partial charge on any atom is 0.407 e. The van der Waals surface area contributed by atoms with Crippen molar-refractivity contribution in [2.45, 2.75) is 52.1 Å². The van der Waals surface area contributed by atoms with E-state index in [1.807, 2.05) is 52.1 Å². The van der Waals surface area contributed by atoms with Gasteiger partial charge in [0.05, 0.1) is 16.8 Å². The number of carbonyl (C=O) groups is 2. The lowest BCUT2D eigenvalue weighted by Crippen LogP contribution is -2.58. The van der Waals surface area contributed by atoms with E-state index in [4.69, 9.17) is 11.6 Å². The van der Waals surface area contributed by atoms with Gasteiger partial charge >= 0.3 is 6.09 Å². The van der Waals surface area contributed by atoms with Crippen LogP contribution in [0.4, 0.5) is 10.6 Å². The Morgan fingerprint density at radius 1 is 1.19 bits per heavy atom. The van der Waals surface area contributed by atoms with E-state index in [0.29, 0.717) is 31.0 Å². The average molecular weight is 513 g/mol. The fourth-order valence-electron chi connectivity index (χ4n) is 4.79. The monoisotopic (exact) mass is 512 g/mol. The van der Waals surface area contributed by atoms with Crippen molar-refractivity contribution < 1.29 is 14.7 Å². The molecule has 1 saturated heterocycles. The Morgan fingerprint density at radius 2 is 1.86 bits per heavy atom. The first kappa shape index (κ1) is 25.8. The van der Waals surface area contributed by atoms with Crippen LogP contribution in [0.2, 0.25) is 5.02 Å². The Labute approximate surface area is 215 Å². The van der Waals surface area contributed by atoms with E-state index in [-0.39, 0.29) is 18.5 Å². The van der Waals surface area contributed by atoms with Crippen LogP contribution in [0, 0.1) is 5.41 Å². The maximum absolute atomic E-state index is 13.9. The van der Waals surface area contributed by atoms with Gasteiger partial charge in [0.15, 0.2) is 0 Å². The predicted octanol–water partition coefficient (Wildman–Crippen LogP) is 4.85. The molecule has 1 aliphatic heterocycles. The number of aromatic amines is 1. The third-order valence-electron chi connectivity index (χ3n) is 7.05. The van der Waals surface area contributed by atoms with Crippen LogP contribution < -0.4 is 10.2 Å². The first-order valence-electron chi connectivity index (χ1n) is 12.1. The lowest BCUT2D eigenvalue weighted by molar-refractivity contribution is -0.134. The second-order valence-electron chi connectivity index (χ2n) is 10.5. The summed E-state index contributed by atoms with van der Waals surface area (Å²) in [6.07, 6.45) is 3.30. The van der Waals surface area contributed by atoms with Crippen molar-refractivity contribution in [3.05, 3.63) is 53.4 Å². The second-order valence-corrected chi connectivity index (χ2v) is 10.9. The molecule has 0 unspecified atom stereocenters. The SMILES string of the molecule is C[C@H](NC(=O)C1(CN(C(=O)O)C(C)(C)C)CCN(c2ncnc3[nH]ccc23)CC1)c1ccc(Cl)cc1. The third kappa shape index (κ3) is 5.26. The number of carbonyl (C=O) groups excluding carboxylic acids is 1. The van der Waals surface area contributed by atoms with Gasteiger partial charge in [-0.25, -0.2) is 14.8 Å². The van der Waals surface area contributed by atoms with Crippen LogP contribution in [-0.2, 0) is 4.79 Å². The van der Waals surface area contributed by atoms with E-state index in [1.54, 1.807) is 12.1 Å². The van der Waals surface area contributed by atoms with Gasteiger partial charge in [0, 0.05) is 36.4 Å². The molecule has 2 amide bonds. The predicted molar refractivity (Wildman–Crippen MR) is 140 cm³/mol. The number of nitrogens with one attached hydrogen (secondary N) is 2. The van der Waals surface area contributed by atoms with Crippen molar-refractivity contribution >= 4 is 40.5 Å². The first-order chi connectivity index (χ1) is 17.0. The van der Waals surface area contributed by atoms with Crippen LogP contribution in [0.15, 0.2) is 42.9 Å². The maximum atomic E-state index is 13.9. The Bertz CT molecular complexity index is 1230. The molecule has 2 aromatic heterocycles. The number of rotatable bonds is 6. The highest BCUT2D eigenvalue weighted by Gasteiger charge is 2.46. The number of halogens is 1. The van der Waals surface area contributed by atoms with Crippen molar-refractivity contribution in [3.8, 4) is 0 Å². The number of hydrogen-bond donors (Lipinski definition) is 3. The molecule has 10 heteroatoms. The van der Waals surface area contributed by atoms with Crippen molar-refractivity contribution in [2.24, 2.45) is 5.41 Å². The summed E-state index contributed by atoms with van der Waals surface area (Å²) in [5.74, 6) is 0.672. The molecule has 0 bridgehead atoms. The minimum atomic E-state index is -1.03. The Morgan fingerprint density at radius 3 is 2.47 bits per heavy atom. The van der Waals surface area contributed by atoms with Gasteiger partial charge in [-0.15, -0.1) is 0 Å². The normalized spacial score (nSPS) is 16.5. The zero-order valence-corrected chi connectivity index (χ0v) is 21.8. The third-order valence-corrected chi connectivity index (χ3v) is 7.31. The number of benzene rings is 1. The topological polar surface area (TPSA) is 114 Å². The lowest BCUT2D eigenvalue weighted by Gasteiger charge is -2.46. The molecule has 0 saturated carbocycles. The zero-order valence-electron chi connectivity index (χ0n) is 21.1. The molecule has 3 N–H and O–H groups in total. The molecular weight excluding hydrogens is 480 g/mol. The molecule has 1 aromatic carbocycles. The fourth-order valence-corrected chi connectivity index (χ4v) is 4.92. The van der Waals surface area contributed by atoms with Crippen LogP contribution in [0.25, 0.3) is 11.0 Å².